The van der Waals surface area contributed by atoms with E-state index in [-0.39, 0.29) is 5.91 Å². The number of hydrogen-bond donors (Lipinski definition) is 2. The molecule has 0 spiro atoms. The first-order valence-electron chi connectivity index (χ1n) is 5.72. The van der Waals surface area contributed by atoms with Gasteiger partial charge in [0.25, 0.3) is 5.91 Å². The Hall–Kier alpha value is -2.04. The van der Waals surface area contributed by atoms with Crippen molar-refractivity contribution >= 4 is 28.9 Å². The maximum Gasteiger partial charge on any atom is 0.269 e. The van der Waals surface area contributed by atoms with Gasteiger partial charge in [-0.3, -0.25) is 9.80 Å². The van der Waals surface area contributed by atoms with E-state index in [9.17, 15) is 4.79 Å². The quantitative estimate of drug-likeness (QED) is 0.514. The Balaban J connectivity index is 2.38. The molecule has 0 aliphatic heterocycles. The zero-order chi connectivity index (χ0) is 13.8. The van der Waals surface area contributed by atoms with Crippen molar-refractivity contribution in [3.05, 3.63) is 59.1 Å². The first-order chi connectivity index (χ1) is 9.08. The predicted octanol–water partition coefficient (Wildman–Crippen LogP) is 3.03. The number of nitrogens with zero attached hydrogens (tertiary/aromatic N) is 1. The molecule has 19 heavy (non-hydrogen) atoms. The summed E-state index contributed by atoms with van der Waals surface area (Å²) >= 11 is 5.97. The van der Waals surface area contributed by atoms with E-state index in [4.69, 9.17) is 17.4 Å². The number of carbonyl (C=O) groups is 1. The van der Waals surface area contributed by atoms with Gasteiger partial charge in [0, 0.05) is 17.8 Å². The van der Waals surface area contributed by atoms with Crippen molar-refractivity contribution in [2.24, 2.45) is 5.84 Å². The van der Waals surface area contributed by atoms with Gasteiger partial charge in [-0.15, -0.1) is 0 Å². The van der Waals surface area contributed by atoms with E-state index in [0.29, 0.717) is 16.3 Å². The van der Waals surface area contributed by atoms with Crippen LogP contribution < -0.4 is 11.2 Å². The van der Waals surface area contributed by atoms with Gasteiger partial charge in [0.15, 0.2) is 0 Å². The highest BCUT2D eigenvalue weighted by Gasteiger charge is 2.14. The number of carbonyl (C=O) groups excluding carboxylic acids is 1. The van der Waals surface area contributed by atoms with Crippen molar-refractivity contribution in [2.75, 3.05) is 12.4 Å². The summed E-state index contributed by atoms with van der Waals surface area (Å²) in [5, 5.41) is 4.75. The van der Waals surface area contributed by atoms with Crippen LogP contribution in [0.1, 0.15) is 10.4 Å². The molecule has 0 saturated carbocycles. The molecule has 98 valence electrons. The molecule has 2 aromatic rings. The van der Waals surface area contributed by atoms with Crippen LogP contribution in [0.15, 0.2) is 48.5 Å². The number of nitrogens with one attached hydrogen (secondary N) is 1. The highest BCUT2D eigenvalue weighted by atomic mass is 35.5. The van der Waals surface area contributed by atoms with E-state index in [0.717, 1.165) is 10.7 Å². The minimum absolute atomic E-state index is 0.282. The molecular formula is C14H14ClN3O. The second kappa shape index (κ2) is 5.73. The number of benzene rings is 2. The van der Waals surface area contributed by atoms with Gasteiger partial charge >= 0.3 is 0 Å². The fourth-order valence-electron chi connectivity index (χ4n) is 1.67. The van der Waals surface area contributed by atoms with Gasteiger partial charge in [0.2, 0.25) is 0 Å². The molecule has 0 fully saturated rings. The normalized spacial score (nSPS) is 10.1. The van der Waals surface area contributed by atoms with Crippen molar-refractivity contribution in [1.82, 2.24) is 5.01 Å². The summed E-state index contributed by atoms with van der Waals surface area (Å²) in [6, 6.07) is 14.6. The van der Waals surface area contributed by atoms with Crippen molar-refractivity contribution in [3.8, 4) is 0 Å². The van der Waals surface area contributed by atoms with E-state index in [1.807, 2.05) is 30.3 Å². The van der Waals surface area contributed by atoms with Crippen molar-refractivity contribution in [3.63, 3.8) is 0 Å². The molecule has 0 aliphatic carbocycles. The molecule has 0 aromatic heterocycles. The van der Waals surface area contributed by atoms with E-state index in [1.54, 1.807) is 18.2 Å². The van der Waals surface area contributed by atoms with Crippen LogP contribution in [0.2, 0.25) is 5.02 Å². The molecule has 2 aromatic carbocycles. The average Bonchev–Trinajstić information content (AvgIpc) is 2.39. The highest BCUT2D eigenvalue weighted by molar-refractivity contribution is 6.31. The molecule has 0 atom stereocenters. The number of halogens is 1. The summed E-state index contributed by atoms with van der Waals surface area (Å²) in [5.74, 6) is 5.21. The van der Waals surface area contributed by atoms with Gasteiger partial charge in [-0.1, -0.05) is 29.8 Å². The standard InChI is InChI=1S/C14H14ClN3O/c1-18(16)14(19)12-8-7-10(15)9-13(12)17-11-5-3-2-4-6-11/h2-9,17H,16H2,1H3. The van der Waals surface area contributed by atoms with Gasteiger partial charge in [-0.05, 0) is 30.3 Å². The number of anilines is 2. The summed E-state index contributed by atoms with van der Waals surface area (Å²) in [5.41, 5.74) is 1.97. The first kappa shape index (κ1) is 13.4. The van der Waals surface area contributed by atoms with Gasteiger partial charge in [-0.2, -0.15) is 0 Å². The van der Waals surface area contributed by atoms with Gasteiger partial charge in [-0.25, -0.2) is 5.84 Å². The molecular weight excluding hydrogens is 262 g/mol. The van der Waals surface area contributed by atoms with E-state index >= 15 is 0 Å². The third-order valence-corrected chi connectivity index (χ3v) is 2.82. The lowest BCUT2D eigenvalue weighted by atomic mass is 10.1. The lowest BCUT2D eigenvalue weighted by molar-refractivity contribution is 0.0796. The number of hydrazine groups is 1. The Kier molecular flexibility index (Phi) is 4.04. The predicted molar refractivity (Wildman–Crippen MR) is 77.5 cm³/mol. The molecule has 1 amide bonds. The number of rotatable bonds is 3. The summed E-state index contributed by atoms with van der Waals surface area (Å²) in [4.78, 5) is 12.0. The van der Waals surface area contributed by atoms with Crippen LogP contribution in [-0.2, 0) is 0 Å². The molecule has 0 unspecified atom stereocenters. The number of amides is 1. The Morgan fingerprint density at radius 1 is 1.21 bits per heavy atom. The fraction of sp³-hybridized carbons (Fsp3) is 0.0714. The molecule has 0 radical (unpaired) electrons. The van der Waals surface area contributed by atoms with E-state index < -0.39 is 0 Å². The van der Waals surface area contributed by atoms with Crippen molar-refractivity contribution < 1.29 is 4.79 Å². The molecule has 0 heterocycles. The zero-order valence-electron chi connectivity index (χ0n) is 10.4. The maximum atomic E-state index is 12.0. The monoisotopic (exact) mass is 275 g/mol. The third kappa shape index (κ3) is 3.24. The van der Waals surface area contributed by atoms with Crippen LogP contribution in [-0.4, -0.2) is 18.0 Å². The third-order valence-electron chi connectivity index (χ3n) is 2.59. The maximum absolute atomic E-state index is 12.0. The fourth-order valence-corrected chi connectivity index (χ4v) is 1.85. The van der Waals surface area contributed by atoms with Crippen LogP contribution in [0.3, 0.4) is 0 Å². The molecule has 2 rings (SSSR count). The Labute approximate surface area is 116 Å². The first-order valence-corrected chi connectivity index (χ1v) is 6.10. The van der Waals surface area contributed by atoms with Crippen LogP contribution in [0, 0.1) is 0 Å². The number of nitrogens with two attached hydrogens (primary N) is 1. The lowest BCUT2D eigenvalue weighted by Gasteiger charge is -2.15. The zero-order valence-corrected chi connectivity index (χ0v) is 11.2. The largest absolute Gasteiger partial charge is 0.355 e. The topological polar surface area (TPSA) is 58.4 Å². The minimum atomic E-state index is -0.282. The molecule has 0 saturated heterocycles. The van der Waals surface area contributed by atoms with Crippen LogP contribution in [0.5, 0.6) is 0 Å². The van der Waals surface area contributed by atoms with E-state index in [2.05, 4.69) is 5.32 Å². The van der Waals surface area contributed by atoms with E-state index in [1.165, 1.54) is 7.05 Å². The number of para-hydroxylation sites is 1. The second-order valence-electron chi connectivity index (χ2n) is 4.10. The minimum Gasteiger partial charge on any atom is -0.355 e. The summed E-state index contributed by atoms with van der Waals surface area (Å²) < 4.78 is 0. The molecule has 3 N–H and O–H groups in total. The Morgan fingerprint density at radius 2 is 1.89 bits per heavy atom. The molecule has 0 bridgehead atoms. The number of hydrogen-bond acceptors (Lipinski definition) is 3. The smallest absolute Gasteiger partial charge is 0.269 e. The van der Waals surface area contributed by atoms with Gasteiger partial charge in [0.05, 0.1) is 11.3 Å². The molecule has 0 aliphatic rings. The molecule has 5 heteroatoms. The second-order valence-corrected chi connectivity index (χ2v) is 4.53. The summed E-state index contributed by atoms with van der Waals surface area (Å²) in [7, 11) is 1.50. The van der Waals surface area contributed by atoms with Crippen LogP contribution in [0.4, 0.5) is 11.4 Å². The van der Waals surface area contributed by atoms with Gasteiger partial charge in [0.1, 0.15) is 0 Å². The SMILES string of the molecule is CN(N)C(=O)c1ccc(Cl)cc1Nc1ccccc1. The van der Waals surface area contributed by atoms with Crippen LogP contribution >= 0.6 is 11.6 Å². The van der Waals surface area contributed by atoms with Crippen molar-refractivity contribution in [2.45, 2.75) is 0 Å². The molecule has 4 nitrogen and oxygen atoms in total. The summed E-state index contributed by atoms with van der Waals surface area (Å²) in [6.45, 7) is 0. The average molecular weight is 276 g/mol. The van der Waals surface area contributed by atoms with Gasteiger partial charge < -0.3 is 5.32 Å². The summed E-state index contributed by atoms with van der Waals surface area (Å²) in [6.07, 6.45) is 0. The lowest BCUT2D eigenvalue weighted by Crippen LogP contribution is -2.33. The van der Waals surface area contributed by atoms with Crippen LogP contribution in [0.25, 0.3) is 0 Å². The van der Waals surface area contributed by atoms with Crippen molar-refractivity contribution in [1.29, 1.82) is 0 Å². The highest BCUT2D eigenvalue weighted by Crippen LogP contribution is 2.25. The Bertz CT molecular complexity index is 584. The Morgan fingerprint density at radius 3 is 2.53 bits per heavy atom.